The number of nitrogen functional groups attached to an aromatic ring is 1. The second-order valence-corrected chi connectivity index (χ2v) is 6.78. The fourth-order valence-corrected chi connectivity index (χ4v) is 3.47. The summed E-state index contributed by atoms with van der Waals surface area (Å²) >= 11 is 3.53. The van der Waals surface area contributed by atoms with Gasteiger partial charge in [-0.25, -0.2) is 0 Å². The number of nitrogens with zero attached hydrogens (tertiary/aromatic N) is 1. The number of pyridine rings is 1. The Morgan fingerprint density at radius 1 is 1.35 bits per heavy atom. The summed E-state index contributed by atoms with van der Waals surface area (Å²) in [5.41, 5.74) is 8.90. The normalized spacial score (nSPS) is 22.9. The van der Waals surface area contributed by atoms with E-state index < -0.39 is 0 Å². The Morgan fingerprint density at radius 2 is 2.20 bits per heavy atom. The first-order chi connectivity index (χ1) is 9.63. The van der Waals surface area contributed by atoms with Gasteiger partial charge in [0, 0.05) is 15.9 Å². The van der Waals surface area contributed by atoms with E-state index in [1.165, 1.54) is 25.7 Å². The number of rotatable bonds is 2. The van der Waals surface area contributed by atoms with Crippen LogP contribution in [0.2, 0.25) is 0 Å². The van der Waals surface area contributed by atoms with E-state index in [0.717, 1.165) is 32.7 Å². The highest BCUT2D eigenvalue weighted by Crippen LogP contribution is 2.33. The van der Waals surface area contributed by atoms with Crippen molar-refractivity contribution in [1.29, 1.82) is 0 Å². The van der Waals surface area contributed by atoms with Crippen molar-refractivity contribution < 1.29 is 0 Å². The van der Waals surface area contributed by atoms with E-state index in [1.807, 2.05) is 12.1 Å². The highest BCUT2D eigenvalue weighted by Gasteiger charge is 2.20. The van der Waals surface area contributed by atoms with Crippen LogP contribution in [-0.2, 0) is 0 Å². The molecule has 20 heavy (non-hydrogen) atoms. The van der Waals surface area contributed by atoms with Crippen molar-refractivity contribution in [2.24, 2.45) is 5.92 Å². The van der Waals surface area contributed by atoms with Crippen molar-refractivity contribution in [1.82, 2.24) is 4.98 Å². The average molecular weight is 334 g/mol. The van der Waals surface area contributed by atoms with Crippen LogP contribution >= 0.6 is 15.9 Å². The molecular formula is C16H20BrN3. The van der Waals surface area contributed by atoms with Gasteiger partial charge in [0.05, 0.1) is 23.1 Å². The van der Waals surface area contributed by atoms with E-state index in [-0.39, 0.29) is 0 Å². The molecule has 1 aliphatic carbocycles. The van der Waals surface area contributed by atoms with Crippen molar-refractivity contribution >= 4 is 38.2 Å². The monoisotopic (exact) mass is 333 g/mol. The number of anilines is 2. The topological polar surface area (TPSA) is 50.9 Å². The Morgan fingerprint density at radius 3 is 3.00 bits per heavy atom. The summed E-state index contributed by atoms with van der Waals surface area (Å²) in [5, 5.41) is 4.76. The molecule has 2 unspecified atom stereocenters. The molecular weight excluding hydrogens is 314 g/mol. The number of hydrogen-bond donors (Lipinski definition) is 2. The molecule has 1 fully saturated rings. The third kappa shape index (κ3) is 2.75. The highest BCUT2D eigenvalue weighted by atomic mass is 79.9. The van der Waals surface area contributed by atoms with Crippen molar-refractivity contribution in [3.05, 3.63) is 28.9 Å². The Balaban J connectivity index is 1.97. The van der Waals surface area contributed by atoms with Crippen molar-refractivity contribution in [3.63, 3.8) is 0 Å². The average Bonchev–Trinajstić information content (AvgIpc) is 2.42. The second kappa shape index (κ2) is 5.60. The van der Waals surface area contributed by atoms with Gasteiger partial charge in [-0.1, -0.05) is 35.7 Å². The van der Waals surface area contributed by atoms with Crippen LogP contribution in [0.1, 0.15) is 32.6 Å². The maximum atomic E-state index is 6.15. The number of benzene rings is 1. The molecule has 0 aliphatic heterocycles. The highest BCUT2D eigenvalue weighted by molar-refractivity contribution is 9.10. The third-order valence-electron chi connectivity index (χ3n) is 4.14. The number of nitrogens with one attached hydrogen (secondary N) is 1. The molecule has 2 aromatic rings. The molecule has 0 spiro atoms. The van der Waals surface area contributed by atoms with Gasteiger partial charge in [0.2, 0.25) is 0 Å². The molecule has 0 amide bonds. The number of fused-ring (bicyclic) bond motifs is 1. The molecule has 1 aromatic carbocycles. The van der Waals surface area contributed by atoms with Crippen LogP contribution in [-0.4, -0.2) is 11.0 Å². The van der Waals surface area contributed by atoms with Crippen LogP contribution in [0, 0.1) is 5.92 Å². The zero-order chi connectivity index (χ0) is 14.1. The molecule has 0 bridgehead atoms. The minimum Gasteiger partial charge on any atom is -0.396 e. The largest absolute Gasteiger partial charge is 0.396 e. The summed E-state index contributed by atoms with van der Waals surface area (Å²) in [4.78, 5) is 4.40. The van der Waals surface area contributed by atoms with Gasteiger partial charge in [0.15, 0.2) is 0 Å². The van der Waals surface area contributed by atoms with Gasteiger partial charge in [0.1, 0.15) is 0 Å². The molecule has 1 heterocycles. The Bertz CT molecular complexity index is 621. The molecule has 106 valence electrons. The number of hydrogen-bond acceptors (Lipinski definition) is 3. The lowest BCUT2D eigenvalue weighted by atomic mass is 9.87. The Labute approximate surface area is 128 Å². The number of nitrogens with two attached hydrogens (primary N) is 1. The van der Waals surface area contributed by atoms with Gasteiger partial charge in [-0.05, 0) is 37.0 Å². The van der Waals surface area contributed by atoms with Gasteiger partial charge in [0.25, 0.3) is 0 Å². The molecule has 1 saturated carbocycles. The summed E-state index contributed by atoms with van der Waals surface area (Å²) in [6.45, 7) is 2.33. The lowest BCUT2D eigenvalue weighted by Crippen LogP contribution is -2.26. The van der Waals surface area contributed by atoms with E-state index in [1.54, 1.807) is 6.20 Å². The molecule has 1 aliphatic rings. The van der Waals surface area contributed by atoms with Crippen molar-refractivity contribution in [2.45, 2.75) is 38.6 Å². The van der Waals surface area contributed by atoms with Crippen LogP contribution in [0.5, 0.6) is 0 Å². The third-order valence-corrected chi connectivity index (χ3v) is 4.64. The van der Waals surface area contributed by atoms with Gasteiger partial charge in [-0.2, -0.15) is 0 Å². The summed E-state index contributed by atoms with van der Waals surface area (Å²) in [6.07, 6.45) is 6.84. The summed E-state index contributed by atoms with van der Waals surface area (Å²) < 4.78 is 1.05. The van der Waals surface area contributed by atoms with E-state index in [0.29, 0.717) is 6.04 Å². The molecule has 1 aromatic heterocycles. The van der Waals surface area contributed by atoms with Gasteiger partial charge < -0.3 is 11.1 Å². The zero-order valence-corrected chi connectivity index (χ0v) is 13.3. The van der Waals surface area contributed by atoms with Gasteiger partial charge in [-0.3, -0.25) is 4.98 Å². The van der Waals surface area contributed by atoms with E-state index in [9.17, 15) is 0 Å². The molecule has 3 rings (SSSR count). The van der Waals surface area contributed by atoms with Crippen LogP contribution < -0.4 is 11.1 Å². The fraction of sp³-hybridized carbons (Fsp3) is 0.438. The van der Waals surface area contributed by atoms with Crippen LogP contribution in [0.15, 0.2) is 28.9 Å². The maximum Gasteiger partial charge on any atom is 0.0743 e. The van der Waals surface area contributed by atoms with E-state index in [2.05, 4.69) is 39.2 Å². The predicted molar refractivity (Wildman–Crippen MR) is 88.9 cm³/mol. The summed E-state index contributed by atoms with van der Waals surface area (Å²) in [6, 6.07) is 6.64. The lowest BCUT2D eigenvalue weighted by Gasteiger charge is -2.29. The fourth-order valence-electron chi connectivity index (χ4n) is 3.11. The van der Waals surface area contributed by atoms with E-state index in [4.69, 9.17) is 5.73 Å². The molecule has 0 saturated heterocycles. The molecule has 0 radical (unpaired) electrons. The van der Waals surface area contributed by atoms with Gasteiger partial charge in [-0.15, -0.1) is 0 Å². The molecule has 2 atom stereocenters. The van der Waals surface area contributed by atoms with Crippen LogP contribution in [0.3, 0.4) is 0 Å². The smallest absolute Gasteiger partial charge is 0.0743 e. The minimum absolute atomic E-state index is 0.519. The molecule has 4 heteroatoms. The Kier molecular flexibility index (Phi) is 3.83. The summed E-state index contributed by atoms with van der Waals surface area (Å²) in [7, 11) is 0. The first-order valence-electron chi connectivity index (χ1n) is 7.24. The van der Waals surface area contributed by atoms with Crippen LogP contribution in [0.4, 0.5) is 11.4 Å². The molecule has 3 nitrogen and oxygen atoms in total. The minimum atomic E-state index is 0.519. The first-order valence-corrected chi connectivity index (χ1v) is 8.03. The van der Waals surface area contributed by atoms with E-state index >= 15 is 0 Å². The number of aromatic nitrogens is 1. The standard InChI is InChI=1S/C16H20BrN3/c1-10-3-2-4-12(7-10)20-16-13-8-11(17)5-6-15(13)19-9-14(16)18/h5-6,8-10,12H,2-4,7,18H2,1H3,(H,19,20). The summed E-state index contributed by atoms with van der Waals surface area (Å²) in [5.74, 6) is 0.794. The predicted octanol–water partition coefficient (Wildman–Crippen LogP) is 4.57. The quantitative estimate of drug-likeness (QED) is 0.846. The Hall–Kier alpha value is -1.29. The van der Waals surface area contributed by atoms with Crippen LogP contribution in [0.25, 0.3) is 10.9 Å². The lowest BCUT2D eigenvalue weighted by molar-refractivity contribution is 0.359. The van der Waals surface area contributed by atoms with Gasteiger partial charge >= 0.3 is 0 Å². The van der Waals surface area contributed by atoms with Crippen molar-refractivity contribution in [3.8, 4) is 0 Å². The first kappa shape index (κ1) is 13.7. The maximum absolute atomic E-state index is 6.15. The zero-order valence-electron chi connectivity index (χ0n) is 11.7. The van der Waals surface area contributed by atoms with Crippen molar-refractivity contribution in [2.75, 3.05) is 11.1 Å². The SMILES string of the molecule is CC1CCCC(Nc2c(N)cnc3ccc(Br)cc23)C1. The second-order valence-electron chi connectivity index (χ2n) is 5.86. The number of halogens is 1. The molecule has 3 N–H and O–H groups in total.